The predicted octanol–water partition coefficient (Wildman–Crippen LogP) is 1.20. The molecule has 66 valence electrons. The molecule has 0 fully saturated rings. The highest BCUT2D eigenvalue weighted by atomic mass is 35.5. The van der Waals surface area contributed by atoms with Gasteiger partial charge in [-0.1, -0.05) is 17.3 Å². The molecular weight excluding hydrogens is 190 g/mol. The Morgan fingerprint density at radius 1 is 1.46 bits per heavy atom. The van der Waals surface area contributed by atoms with Gasteiger partial charge in [0.1, 0.15) is 12.1 Å². The van der Waals surface area contributed by atoms with Crippen LogP contribution in [0.25, 0.3) is 11.0 Å². The lowest BCUT2D eigenvalue weighted by molar-refractivity contribution is -0.112. The number of hydrogen-bond donors (Lipinski definition) is 0. The number of hydrogen-bond acceptors (Lipinski definition) is 3. The fourth-order valence-corrected chi connectivity index (χ4v) is 1.27. The van der Waals surface area contributed by atoms with Crippen molar-refractivity contribution < 1.29 is 4.79 Å². The second-order valence-electron chi connectivity index (χ2n) is 2.59. The fourth-order valence-electron chi connectivity index (χ4n) is 1.15. The molecule has 2 rings (SSSR count). The Hall–Kier alpha value is -1.42. The topological polar surface area (TPSA) is 47.8 Å². The normalized spacial score (nSPS) is 10.5. The quantitative estimate of drug-likeness (QED) is 0.677. The first-order chi connectivity index (χ1) is 6.27. The third kappa shape index (κ3) is 1.53. The van der Waals surface area contributed by atoms with Gasteiger partial charge >= 0.3 is 0 Å². The maximum Gasteiger partial charge on any atom is 0.243 e. The van der Waals surface area contributed by atoms with E-state index in [1.165, 1.54) is 4.68 Å². The maximum atomic E-state index is 10.6. The van der Waals surface area contributed by atoms with Gasteiger partial charge in [0.05, 0.1) is 5.52 Å². The summed E-state index contributed by atoms with van der Waals surface area (Å²) in [6.07, 6.45) is 0. The van der Waals surface area contributed by atoms with E-state index in [0.29, 0.717) is 0 Å². The Balaban J connectivity index is 2.51. The fraction of sp³-hybridized carbons (Fsp3) is 0.125. The third-order valence-corrected chi connectivity index (χ3v) is 1.81. The van der Waals surface area contributed by atoms with E-state index in [1.54, 1.807) is 0 Å². The minimum Gasteiger partial charge on any atom is -0.279 e. The number of benzene rings is 1. The van der Waals surface area contributed by atoms with Crippen molar-refractivity contribution in [2.75, 3.05) is 0 Å². The van der Waals surface area contributed by atoms with Crippen LogP contribution in [0.1, 0.15) is 0 Å². The van der Waals surface area contributed by atoms with Gasteiger partial charge in [0.2, 0.25) is 5.24 Å². The molecule has 0 atom stereocenters. The SMILES string of the molecule is O=C(Cl)Cn1nnc2ccccc21. The van der Waals surface area contributed by atoms with Gasteiger partial charge in [-0.2, -0.15) is 0 Å². The first-order valence-corrected chi connectivity index (χ1v) is 4.12. The molecule has 0 aliphatic heterocycles. The van der Waals surface area contributed by atoms with Gasteiger partial charge in [0.15, 0.2) is 0 Å². The molecule has 2 aromatic rings. The van der Waals surface area contributed by atoms with Crippen LogP contribution in [0.4, 0.5) is 0 Å². The molecule has 0 saturated carbocycles. The highest BCUT2D eigenvalue weighted by Gasteiger charge is 2.05. The lowest BCUT2D eigenvalue weighted by atomic mass is 10.3. The number of fused-ring (bicyclic) bond motifs is 1. The van der Waals surface area contributed by atoms with Gasteiger partial charge in [0.25, 0.3) is 0 Å². The largest absolute Gasteiger partial charge is 0.279 e. The van der Waals surface area contributed by atoms with Crippen LogP contribution in [0.3, 0.4) is 0 Å². The van der Waals surface area contributed by atoms with Gasteiger partial charge < -0.3 is 0 Å². The third-order valence-electron chi connectivity index (χ3n) is 1.69. The molecule has 0 aliphatic rings. The van der Waals surface area contributed by atoms with Crippen LogP contribution >= 0.6 is 11.6 Å². The van der Waals surface area contributed by atoms with Crippen molar-refractivity contribution >= 4 is 27.9 Å². The van der Waals surface area contributed by atoms with Crippen LogP contribution in [0.2, 0.25) is 0 Å². The van der Waals surface area contributed by atoms with E-state index in [0.717, 1.165) is 11.0 Å². The lowest BCUT2D eigenvalue weighted by Crippen LogP contribution is -2.05. The summed E-state index contributed by atoms with van der Waals surface area (Å²) in [6, 6.07) is 7.40. The van der Waals surface area contributed by atoms with E-state index in [4.69, 9.17) is 11.6 Å². The summed E-state index contributed by atoms with van der Waals surface area (Å²) in [5, 5.41) is 7.22. The van der Waals surface area contributed by atoms with Crippen molar-refractivity contribution in [1.29, 1.82) is 0 Å². The molecule has 5 heteroatoms. The van der Waals surface area contributed by atoms with E-state index in [-0.39, 0.29) is 6.54 Å². The van der Waals surface area contributed by atoms with Gasteiger partial charge in [0, 0.05) is 0 Å². The van der Waals surface area contributed by atoms with Crippen LogP contribution < -0.4 is 0 Å². The molecule has 1 aromatic heterocycles. The number of aromatic nitrogens is 3. The summed E-state index contributed by atoms with van der Waals surface area (Å²) in [4.78, 5) is 10.6. The monoisotopic (exact) mass is 195 g/mol. The van der Waals surface area contributed by atoms with Gasteiger partial charge in [-0.15, -0.1) is 5.10 Å². The average Bonchev–Trinajstić information content (AvgIpc) is 2.48. The van der Waals surface area contributed by atoms with E-state index in [9.17, 15) is 4.79 Å². The molecule has 4 nitrogen and oxygen atoms in total. The van der Waals surface area contributed by atoms with Crippen LogP contribution in [0.5, 0.6) is 0 Å². The van der Waals surface area contributed by atoms with Crippen molar-refractivity contribution in [3.63, 3.8) is 0 Å². The van der Waals surface area contributed by atoms with Gasteiger partial charge in [-0.05, 0) is 23.7 Å². The van der Waals surface area contributed by atoms with E-state index < -0.39 is 5.24 Å². The average molecular weight is 196 g/mol. The molecule has 0 amide bonds. The Labute approximate surface area is 79.1 Å². The molecule has 0 spiro atoms. The van der Waals surface area contributed by atoms with E-state index >= 15 is 0 Å². The lowest BCUT2D eigenvalue weighted by Gasteiger charge is -1.95. The molecule has 1 aromatic carbocycles. The standard InChI is InChI=1S/C8H6ClN3O/c9-8(13)5-12-7-4-2-1-3-6(7)10-11-12/h1-4H,5H2. The summed E-state index contributed by atoms with van der Waals surface area (Å²) in [5.74, 6) is 0. The molecule has 0 bridgehead atoms. The van der Waals surface area contributed by atoms with E-state index in [1.807, 2.05) is 24.3 Å². The molecule has 0 radical (unpaired) electrons. The minimum atomic E-state index is -0.448. The van der Waals surface area contributed by atoms with Crippen molar-refractivity contribution in [3.05, 3.63) is 24.3 Å². The summed E-state index contributed by atoms with van der Waals surface area (Å²) in [6.45, 7) is 0.0576. The van der Waals surface area contributed by atoms with Crippen LogP contribution in [0.15, 0.2) is 24.3 Å². The van der Waals surface area contributed by atoms with Crippen molar-refractivity contribution in [3.8, 4) is 0 Å². The molecule has 0 saturated heterocycles. The van der Waals surface area contributed by atoms with Crippen LogP contribution in [-0.4, -0.2) is 20.2 Å². The Morgan fingerprint density at radius 3 is 3.00 bits per heavy atom. The first-order valence-electron chi connectivity index (χ1n) is 3.74. The maximum absolute atomic E-state index is 10.6. The zero-order valence-electron chi connectivity index (χ0n) is 6.64. The number of carbonyl (C=O) groups excluding carboxylic acids is 1. The summed E-state index contributed by atoms with van der Waals surface area (Å²) >= 11 is 5.24. The Bertz CT molecular complexity index is 451. The van der Waals surface area contributed by atoms with Crippen molar-refractivity contribution in [2.24, 2.45) is 0 Å². The second kappa shape index (κ2) is 3.14. The van der Waals surface area contributed by atoms with Crippen molar-refractivity contribution in [1.82, 2.24) is 15.0 Å². The molecule has 0 unspecified atom stereocenters. The van der Waals surface area contributed by atoms with E-state index in [2.05, 4.69) is 10.3 Å². The number of carbonyl (C=O) groups is 1. The van der Waals surface area contributed by atoms with Gasteiger partial charge in [-0.25, -0.2) is 4.68 Å². The number of rotatable bonds is 2. The summed E-state index contributed by atoms with van der Waals surface area (Å²) in [5.41, 5.74) is 1.58. The zero-order valence-corrected chi connectivity index (χ0v) is 7.40. The molecule has 1 heterocycles. The number of para-hydroxylation sites is 1. The number of nitrogens with zero attached hydrogens (tertiary/aromatic N) is 3. The van der Waals surface area contributed by atoms with Gasteiger partial charge in [-0.3, -0.25) is 4.79 Å². The second-order valence-corrected chi connectivity index (χ2v) is 3.01. The smallest absolute Gasteiger partial charge is 0.243 e. The molecular formula is C8H6ClN3O. The predicted molar refractivity (Wildman–Crippen MR) is 48.4 cm³/mol. The first kappa shape index (κ1) is 8.19. The minimum absolute atomic E-state index is 0.0576. The molecule has 13 heavy (non-hydrogen) atoms. The van der Waals surface area contributed by atoms with Crippen LogP contribution in [-0.2, 0) is 11.3 Å². The highest BCUT2D eigenvalue weighted by molar-refractivity contribution is 6.63. The van der Waals surface area contributed by atoms with Crippen LogP contribution in [0, 0.1) is 0 Å². The highest BCUT2D eigenvalue weighted by Crippen LogP contribution is 2.09. The zero-order chi connectivity index (χ0) is 9.26. The number of halogens is 1. The summed E-state index contributed by atoms with van der Waals surface area (Å²) in [7, 11) is 0. The molecule has 0 aliphatic carbocycles. The Morgan fingerprint density at radius 2 is 2.23 bits per heavy atom. The van der Waals surface area contributed by atoms with Crippen molar-refractivity contribution in [2.45, 2.75) is 6.54 Å². The Kier molecular flexibility index (Phi) is 1.98. The molecule has 0 N–H and O–H groups in total. The summed E-state index contributed by atoms with van der Waals surface area (Å²) < 4.78 is 1.48.